The molecule has 0 bridgehead atoms. The lowest BCUT2D eigenvalue weighted by atomic mass is 9.80. The lowest BCUT2D eigenvalue weighted by molar-refractivity contribution is -0.0835. The number of hydrogen-bond donors (Lipinski definition) is 1. The van der Waals surface area contributed by atoms with Gasteiger partial charge in [-0.3, -0.25) is 0 Å². The number of aryl methyl sites for hydroxylation is 1. The highest BCUT2D eigenvalue weighted by Gasteiger charge is 2.41. The number of ether oxygens (including phenoxy) is 1. The van der Waals surface area contributed by atoms with E-state index in [-0.39, 0.29) is 5.60 Å². The van der Waals surface area contributed by atoms with E-state index in [9.17, 15) is 0 Å². The Bertz CT molecular complexity index is 430. The van der Waals surface area contributed by atoms with Crippen LogP contribution >= 0.6 is 11.8 Å². The van der Waals surface area contributed by atoms with Crippen LogP contribution in [-0.2, 0) is 11.2 Å². The molecule has 0 aromatic heterocycles. The third-order valence-electron chi connectivity index (χ3n) is 5.05. The van der Waals surface area contributed by atoms with Crippen molar-refractivity contribution in [3.8, 4) is 0 Å². The minimum Gasteiger partial charge on any atom is -0.374 e. The lowest BCUT2D eigenvalue weighted by Crippen LogP contribution is -2.45. The summed E-state index contributed by atoms with van der Waals surface area (Å²) in [5, 5.41) is 0. The number of thioether (sulfide) groups is 1. The number of hydrogen-bond acceptors (Lipinski definition) is 3. The zero-order valence-electron chi connectivity index (χ0n) is 12.8. The van der Waals surface area contributed by atoms with Gasteiger partial charge in [-0.15, -0.1) is 0 Å². The molecule has 3 rings (SSSR count). The first-order valence-electron chi connectivity index (χ1n) is 8.29. The van der Waals surface area contributed by atoms with E-state index in [1.807, 2.05) is 11.8 Å². The summed E-state index contributed by atoms with van der Waals surface area (Å²) in [7, 11) is 0. The van der Waals surface area contributed by atoms with Gasteiger partial charge >= 0.3 is 0 Å². The fourth-order valence-corrected chi connectivity index (χ4v) is 5.09. The first-order chi connectivity index (χ1) is 10.3. The van der Waals surface area contributed by atoms with Crippen LogP contribution in [0.25, 0.3) is 0 Å². The molecule has 0 amide bonds. The average Bonchev–Trinajstić information content (AvgIpc) is 2.96. The maximum Gasteiger partial charge on any atom is 0.0783 e. The van der Waals surface area contributed by atoms with Gasteiger partial charge in [0.1, 0.15) is 0 Å². The van der Waals surface area contributed by atoms with E-state index < -0.39 is 0 Å². The average molecular weight is 305 g/mol. The van der Waals surface area contributed by atoms with Crippen molar-refractivity contribution in [2.24, 2.45) is 11.7 Å². The molecule has 3 unspecified atom stereocenters. The molecule has 1 aromatic carbocycles. The first-order valence-corrected chi connectivity index (χ1v) is 9.44. The van der Waals surface area contributed by atoms with Crippen molar-refractivity contribution in [1.82, 2.24) is 0 Å². The maximum atomic E-state index is 6.50. The molecular formula is C18H27NOS. The van der Waals surface area contributed by atoms with Crippen molar-refractivity contribution in [2.75, 3.05) is 18.1 Å². The van der Waals surface area contributed by atoms with Crippen LogP contribution in [0.2, 0.25) is 0 Å². The molecule has 2 heterocycles. The second-order valence-corrected chi connectivity index (χ2v) is 7.73. The first kappa shape index (κ1) is 15.4. The van der Waals surface area contributed by atoms with Crippen LogP contribution in [0.4, 0.5) is 0 Å². The summed E-state index contributed by atoms with van der Waals surface area (Å²) in [6.45, 7) is 0.914. The summed E-state index contributed by atoms with van der Waals surface area (Å²) in [6, 6.07) is 11.1. The highest BCUT2D eigenvalue weighted by molar-refractivity contribution is 7.99. The standard InChI is InChI=1S/C18H27NOS/c19-17(8-4-7-15-5-2-1-3-6-15)16-9-11-20-18(13-16)10-12-21-14-18/h1-3,5-6,16-17H,4,7-14,19H2. The Hall–Kier alpha value is -0.510. The molecule has 2 aliphatic rings. The maximum absolute atomic E-state index is 6.50. The molecule has 1 spiro atoms. The van der Waals surface area contributed by atoms with Crippen LogP contribution in [0.3, 0.4) is 0 Å². The van der Waals surface area contributed by atoms with Gasteiger partial charge in [-0.25, -0.2) is 0 Å². The summed E-state index contributed by atoms with van der Waals surface area (Å²) >= 11 is 2.04. The minimum absolute atomic E-state index is 0.171. The predicted molar refractivity (Wildman–Crippen MR) is 90.7 cm³/mol. The normalized spacial score (nSPS) is 30.6. The molecule has 0 aliphatic carbocycles. The molecule has 0 saturated carbocycles. The Morgan fingerprint density at radius 3 is 2.95 bits per heavy atom. The van der Waals surface area contributed by atoms with E-state index in [1.165, 1.54) is 36.3 Å². The predicted octanol–water partition coefficient (Wildman–Crippen LogP) is 3.64. The van der Waals surface area contributed by atoms with E-state index in [2.05, 4.69) is 30.3 Å². The van der Waals surface area contributed by atoms with Crippen LogP contribution in [0, 0.1) is 5.92 Å². The summed E-state index contributed by atoms with van der Waals surface area (Å²) < 4.78 is 6.10. The summed E-state index contributed by atoms with van der Waals surface area (Å²) in [4.78, 5) is 0. The fourth-order valence-electron chi connectivity index (χ4n) is 3.72. The van der Waals surface area contributed by atoms with Crippen LogP contribution in [0.5, 0.6) is 0 Å². The molecule has 2 aliphatic heterocycles. The van der Waals surface area contributed by atoms with Crippen molar-refractivity contribution < 1.29 is 4.74 Å². The van der Waals surface area contributed by atoms with Crippen LogP contribution in [0.15, 0.2) is 30.3 Å². The van der Waals surface area contributed by atoms with E-state index in [0.717, 1.165) is 25.9 Å². The van der Waals surface area contributed by atoms with Gasteiger partial charge in [0.2, 0.25) is 0 Å². The number of rotatable bonds is 5. The Morgan fingerprint density at radius 1 is 1.33 bits per heavy atom. The molecule has 2 N–H and O–H groups in total. The largest absolute Gasteiger partial charge is 0.374 e. The summed E-state index contributed by atoms with van der Waals surface area (Å²) in [6.07, 6.45) is 7.06. The summed E-state index contributed by atoms with van der Waals surface area (Å²) in [5.74, 6) is 3.10. The fraction of sp³-hybridized carbons (Fsp3) is 0.667. The van der Waals surface area contributed by atoms with Gasteiger partial charge in [0.25, 0.3) is 0 Å². The van der Waals surface area contributed by atoms with Gasteiger partial charge < -0.3 is 10.5 Å². The van der Waals surface area contributed by atoms with E-state index >= 15 is 0 Å². The Kier molecular flexibility index (Phi) is 5.25. The smallest absolute Gasteiger partial charge is 0.0783 e. The highest BCUT2D eigenvalue weighted by atomic mass is 32.2. The lowest BCUT2D eigenvalue weighted by Gasteiger charge is -2.40. The van der Waals surface area contributed by atoms with Crippen LogP contribution in [0.1, 0.15) is 37.7 Å². The van der Waals surface area contributed by atoms with Crippen LogP contribution < -0.4 is 5.73 Å². The van der Waals surface area contributed by atoms with Gasteiger partial charge in [-0.05, 0) is 55.8 Å². The van der Waals surface area contributed by atoms with Gasteiger partial charge in [0, 0.05) is 18.4 Å². The van der Waals surface area contributed by atoms with Crippen LogP contribution in [-0.4, -0.2) is 29.8 Å². The third-order valence-corrected chi connectivity index (χ3v) is 6.27. The van der Waals surface area contributed by atoms with Crippen molar-refractivity contribution in [1.29, 1.82) is 0 Å². The molecule has 3 atom stereocenters. The zero-order chi connectivity index (χ0) is 14.5. The molecule has 2 fully saturated rings. The second-order valence-electron chi connectivity index (χ2n) is 6.63. The molecule has 1 aromatic rings. The number of benzene rings is 1. The van der Waals surface area contributed by atoms with E-state index in [0.29, 0.717) is 12.0 Å². The SMILES string of the molecule is NC(CCCc1ccccc1)C1CCOC2(CCSC2)C1. The molecule has 2 saturated heterocycles. The third kappa shape index (κ3) is 4.02. The van der Waals surface area contributed by atoms with Gasteiger partial charge in [-0.2, -0.15) is 11.8 Å². The Balaban J connectivity index is 1.45. The van der Waals surface area contributed by atoms with E-state index in [1.54, 1.807) is 0 Å². The van der Waals surface area contributed by atoms with Crippen molar-refractivity contribution in [3.63, 3.8) is 0 Å². The molecule has 2 nitrogen and oxygen atoms in total. The molecule has 21 heavy (non-hydrogen) atoms. The minimum atomic E-state index is 0.171. The Morgan fingerprint density at radius 2 is 2.19 bits per heavy atom. The van der Waals surface area contributed by atoms with Gasteiger partial charge in [-0.1, -0.05) is 30.3 Å². The van der Waals surface area contributed by atoms with Crippen molar-refractivity contribution >= 4 is 11.8 Å². The highest BCUT2D eigenvalue weighted by Crippen LogP contribution is 2.41. The topological polar surface area (TPSA) is 35.2 Å². The molecule has 3 heteroatoms. The second kappa shape index (κ2) is 7.17. The zero-order valence-corrected chi connectivity index (χ0v) is 13.6. The molecular weight excluding hydrogens is 278 g/mol. The van der Waals surface area contributed by atoms with Gasteiger partial charge in [0.15, 0.2) is 0 Å². The Labute approximate surface area is 132 Å². The van der Waals surface area contributed by atoms with E-state index in [4.69, 9.17) is 10.5 Å². The quantitative estimate of drug-likeness (QED) is 0.902. The monoisotopic (exact) mass is 305 g/mol. The van der Waals surface area contributed by atoms with Gasteiger partial charge in [0.05, 0.1) is 5.60 Å². The van der Waals surface area contributed by atoms with Crippen molar-refractivity contribution in [3.05, 3.63) is 35.9 Å². The summed E-state index contributed by atoms with van der Waals surface area (Å²) in [5.41, 5.74) is 8.10. The molecule has 0 radical (unpaired) electrons. The number of nitrogens with two attached hydrogens (primary N) is 1. The van der Waals surface area contributed by atoms with Crippen molar-refractivity contribution in [2.45, 2.75) is 50.2 Å². The molecule has 116 valence electrons.